The van der Waals surface area contributed by atoms with E-state index in [2.05, 4.69) is 11.1 Å². The van der Waals surface area contributed by atoms with E-state index in [1.54, 1.807) is 16.0 Å². The molecule has 4 rings (SSSR count). The van der Waals surface area contributed by atoms with Gasteiger partial charge in [-0.25, -0.2) is 0 Å². The average Bonchev–Trinajstić information content (AvgIpc) is 2.96. The number of hydrogen-bond donors (Lipinski definition) is 0. The van der Waals surface area contributed by atoms with Crippen LogP contribution in [-0.2, 0) is 22.6 Å². The summed E-state index contributed by atoms with van der Waals surface area (Å²) in [6, 6.07) is 3.58. The fourth-order valence-electron chi connectivity index (χ4n) is 4.16. The molecule has 0 saturated carbocycles. The number of nitriles is 1. The van der Waals surface area contributed by atoms with E-state index in [1.807, 2.05) is 32.9 Å². The second-order valence-corrected chi connectivity index (χ2v) is 8.38. The molecular formula is C20H22N4O2. The lowest BCUT2D eigenvalue weighted by atomic mass is 9.81. The Hall–Kier alpha value is -2.68. The lowest BCUT2D eigenvalue weighted by Gasteiger charge is -2.46. The summed E-state index contributed by atoms with van der Waals surface area (Å²) in [5, 5.41) is 8.99. The van der Waals surface area contributed by atoms with Crippen molar-refractivity contribution in [3.63, 3.8) is 0 Å². The Morgan fingerprint density at radius 3 is 2.77 bits per heavy atom. The quantitative estimate of drug-likeness (QED) is 0.814. The van der Waals surface area contributed by atoms with Gasteiger partial charge in [-0.2, -0.15) is 5.26 Å². The van der Waals surface area contributed by atoms with Gasteiger partial charge in [-0.3, -0.25) is 14.6 Å². The molecule has 0 aromatic carbocycles. The van der Waals surface area contributed by atoms with E-state index in [9.17, 15) is 9.59 Å². The van der Waals surface area contributed by atoms with Crippen LogP contribution in [0.5, 0.6) is 0 Å². The van der Waals surface area contributed by atoms with Crippen LogP contribution in [0, 0.1) is 22.7 Å². The van der Waals surface area contributed by atoms with Gasteiger partial charge in [0.1, 0.15) is 6.04 Å². The Morgan fingerprint density at radius 1 is 1.38 bits per heavy atom. The third kappa shape index (κ3) is 2.42. The summed E-state index contributed by atoms with van der Waals surface area (Å²) in [7, 11) is 0. The number of nitrogens with zero attached hydrogens (tertiary/aromatic N) is 4. The summed E-state index contributed by atoms with van der Waals surface area (Å²) in [5.41, 5.74) is 3.23. The summed E-state index contributed by atoms with van der Waals surface area (Å²) >= 11 is 0. The number of likely N-dealkylation sites (tertiary alicyclic amines) is 1. The molecular weight excluding hydrogens is 328 g/mol. The smallest absolute Gasteiger partial charge is 0.255 e. The number of carbonyl (C=O) groups is 2. The topological polar surface area (TPSA) is 77.3 Å². The Morgan fingerprint density at radius 2 is 2.12 bits per heavy atom. The highest BCUT2D eigenvalue weighted by Gasteiger charge is 2.47. The van der Waals surface area contributed by atoms with E-state index in [0.717, 1.165) is 16.8 Å². The molecule has 0 radical (unpaired) electrons. The summed E-state index contributed by atoms with van der Waals surface area (Å²) in [6.45, 7) is 7.29. The van der Waals surface area contributed by atoms with Gasteiger partial charge in [-0.05, 0) is 17.0 Å². The Kier molecular flexibility index (Phi) is 3.65. The van der Waals surface area contributed by atoms with Gasteiger partial charge >= 0.3 is 0 Å². The Balaban J connectivity index is 1.69. The van der Waals surface area contributed by atoms with Crippen LogP contribution in [0.25, 0.3) is 5.57 Å². The van der Waals surface area contributed by atoms with Crippen molar-refractivity contribution in [1.29, 1.82) is 5.26 Å². The molecule has 1 fully saturated rings. The molecule has 3 aliphatic rings. The fraction of sp³-hybridized carbons (Fsp3) is 0.500. The van der Waals surface area contributed by atoms with Gasteiger partial charge in [0.05, 0.1) is 17.7 Å². The van der Waals surface area contributed by atoms with E-state index in [-0.39, 0.29) is 17.7 Å². The average molecular weight is 350 g/mol. The van der Waals surface area contributed by atoms with Crippen LogP contribution in [0.4, 0.5) is 0 Å². The molecule has 6 nitrogen and oxygen atoms in total. The zero-order valence-electron chi connectivity index (χ0n) is 15.3. The predicted molar refractivity (Wildman–Crippen MR) is 95.4 cm³/mol. The van der Waals surface area contributed by atoms with Crippen molar-refractivity contribution in [2.75, 3.05) is 13.1 Å². The van der Waals surface area contributed by atoms with E-state index >= 15 is 0 Å². The van der Waals surface area contributed by atoms with Gasteiger partial charge < -0.3 is 9.80 Å². The minimum Gasteiger partial charge on any atom is -0.338 e. The highest BCUT2D eigenvalue weighted by Crippen LogP contribution is 2.39. The summed E-state index contributed by atoms with van der Waals surface area (Å²) < 4.78 is 0. The van der Waals surface area contributed by atoms with Crippen LogP contribution in [0.15, 0.2) is 18.3 Å². The maximum Gasteiger partial charge on any atom is 0.255 e. The minimum atomic E-state index is -0.555. The summed E-state index contributed by atoms with van der Waals surface area (Å²) in [5.74, 6) is -0.243. The monoisotopic (exact) mass is 350 g/mol. The summed E-state index contributed by atoms with van der Waals surface area (Å²) in [6.07, 6.45) is 4.37. The van der Waals surface area contributed by atoms with Crippen molar-refractivity contribution in [1.82, 2.24) is 14.8 Å². The van der Waals surface area contributed by atoms with Crippen LogP contribution in [0.2, 0.25) is 0 Å². The van der Waals surface area contributed by atoms with Gasteiger partial charge in [0.15, 0.2) is 0 Å². The van der Waals surface area contributed by atoms with Gasteiger partial charge in [0.25, 0.3) is 5.91 Å². The molecule has 1 saturated heterocycles. The van der Waals surface area contributed by atoms with Gasteiger partial charge in [0, 0.05) is 43.4 Å². The molecule has 1 aromatic rings. The predicted octanol–water partition coefficient (Wildman–Crippen LogP) is 1.76. The molecule has 0 bridgehead atoms. The maximum atomic E-state index is 13.2. The molecule has 2 aliphatic heterocycles. The van der Waals surface area contributed by atoms with E-state index in [0.29, 0.717) is 31.6 Å². The van der Waals surface area contributed by atoms with Gasteiger partial charge in [-0.1, -0.05) is 26.8 Å². The number of amides is 2. The van der Waals surface area contributed by atoms with Crippen molar-refractivity contribution in [2.45, 2.75) is 39.8 Å². The molecule has 2 amide bonds. The zero-order valence-corrected chi connectivity index (χ0v) is 15.3. The first kappa shape index (κ1) is 16.8. The van der Waals surface area contributed by atoms with Crippen molar-refractivity contribution in [3.8, 4) is 6.07 Å². The molecule has 3 heterocycles. The first-order valence-electron chi connectivity index (χ1n) is 8.98. The number of rotatable bonds is 2. The molecule has 0 unspecified atom stereocenters. The number of carbonyl (C=O) groups excluding carboxylic acids is 2. The molecule has 0 spiro atoms. The van der Waals surface area contributed by atoms with E-state index in [1.165, 1.54) is 0 Å². The third-order valence-electron chi connectivity index (χ3n) is 5.46. The SMILES string of the molecule is CC(C)(C)[C@H](C(=O)N1CC(C#N)C1)N1Cc2ccnc3c2C(=CC3)C1=O. The highest BCUT2D eigenvalue weighted by molar-refractivity contribution is 6.23. The Labute approximate surface area is 153 Å². The molecule has 1 aliphatic carbocycles. The van der Waals surface area contributed by atoms with E-state index in [4.69, 9.17) is 5.26 Å². The highest BCUT2D eigenvalue weighted by atomic mass is 16.2. The van der Waals surface area contributed by atoms with Crippen molar-refractivity contribution in [2.24, 2.45) is 11.3 Å². The normalized spacial score (nSPS) is 20.2. The molecule has 134 valence electrons. The second-order valence-electron chi connectivity index (χ2n) is 8.38. The lowest BCUT2D eigenvalue weighted by Crippen LogP contribution is -2.61. The standard InChI is InChI=1S/C20H22N4O2/c1-20(2,3)17(19(26)23-9-12(8-21)10-23)24-11-13-6-7-22-15-5-4-14(16(13)15)18(24)25/h4,6-7,12,17H,5,9-11H2,1-3H3/t17-/m0/s1. The lowest BCUT2D eigenvalue weighted by molar-refractivity contribution is -0.152. The van der Waals surface area contributed by atoms with E-state index < -0.39 is 11.5 Å². The van der Waals surface area contributed by atoms with Crippen LogP contribution in [-0.4, -0.2) is 45.7 Å². The first-order valence-corrected chi connectivity index (χ1v) is 8.98. The van der Waals surface area contributed by atoms with Gasteiger partial charge in [0.2, 0.25) is 5.91 Å². The van der Waals surface area contributed by atoms with Gasteiger partial charge in [-0.15, -0.1) is 0 Å². The molecule has 1 atom stereocenters. The molecule has 0 N–H and O–H groups in total. The zero-order chi connectivity index (χ0) is 18.6. The molecule has 1 aromatic heterocycles. The fourth-order valence-corrected chi connectivity index (χ4v) is 4.16. The minimum absolute atomic E-state index is 0.0614. The Bertz CT molecular complexity index is 869. The number of pyridine rings is 1. The second kappa shape index (κ2) is 5.66. The van der Waals surface area contributed by atoms with Crippen molar-refractivity contribution in [3.05, 3.63) is 35.2 Å². The van der Waals surface area contributed by atoms with Crippen LogP contribution in [0.3, 0.4) is 0 Å². The van der Waals surface area contributed by atoms with Crippen LogP contribution in [0.1, 0.15) is 37.6 Å². The number of allylic oxidation sites excluding steroid dienone is 1. The number of hydrogen-bond acceptors (Lipinski definition) is 4. The largest absolute Gasteiger partial charge is 0.338 e. The van der Waals surface area contributed by atoms with Crippen LogP contribution >= 0.6 is 0 Å². The third-order valence-corrected chi connectivity index (χ3v) is 5.46. The summed E-state index contributed by atoms with van der Waals surface area (Å²) in [4.78, 5) is 34.2. The first-order chi connectivity index (χ1) is 12.3. The van der Waals surface area contributed by atoms with Crippen molar-refractivity contribution < 1.29 is 9.59 Å². The number of aromatic nitrogens is 1. The molecule has 6 heteroatoms. The maximum absolute atomic E-state index is 13.2. The molecule has 26 heavy (non-hydrogen) atoms. The van der Waals surface area contributed by atoms with Crippen molar-refractivity contribution >= 4 is 17.4 Å². The van der Waals surface area contributed by atoms with Crippen LogP contribution < -0.4 is 0 Å².